The Balaban J connectivity index is 1.62. The largest absolute Gasteiger partial charge is 0.383 e. The van der Waals surface area contributed by atoms with Crippen LogP contribution in [0.15, 0.2) is 49.2 Å². The summed E-state index contributed by atoms with van der Waals surface area (Å²) in [5.74, 6) is 0.0944. The van der Waals surface area contributed by atoms with Crippen molar-refractivity contribution < 1.29 is 16.8 Å². The maximum atomic E-state index is 12.5. The number of aryl methyl sites for hydroxylation is 1. The fraction of sp³-hybridized carbons (Fsp3) is 0.158. The van der Waals surface area contributed by atoms with E-state index in [4.69, 9.17) is 5.73 Å². The van der Waals surface area contributed by atoms with Crippen molar-refractivity contribution in [2.75, 3.05) is 20.9 Å². The quantitative estimate of drug-likeness (QED) is 0.350. The van der Waals surface area contributed by atoms with E-state index in [0.717, 1.165) is 23.5 Å². The first-order valence-corrected chi connectivity index (χ1v) is 12.7. The lowest BCUT2D eigenvalue weighted by Crippen LogP contribution is -2.22. The summed E-state index contributed by atoms with van der Waals surface area (Å²) in [6.07, 6.45) is 6.93. The van der Waals surface area contributed by atoms with Crippen LogP contribution in [0.5, 0.6) is 0 Å². The normalized spacial score (nSPS) is 12.1. The van der Waals surface area contributed by atoms with Gasteiger partial charge in [0.15, 0.2) is 0 Å². The Morgan fingerprint density at radius 1 is 1.09 bits per heavy atom. The number of hydrogen-bond acceptors (Lipinski definition) is 9. The molecular weight excluding hydrogens is 468 g/mol. The molecule has 0 aliphatic rings. The topological polar surface area (TPSA) is 175 Å². The zero-order chi connectivity index (χ0) is 23.8. The van der Waals surface area contributed by atoms with Gasteiger partial charge in [-0.2, -0.15) is 17.6 Å². The summed E-state index contributed by atoms with van der Waals surface area (Å²) in [4.78, 5) is 12.6. The molecule has 4 aromatic heterocycles. The molecule has 4 N–H and O–H groups in total. The maximum absolute atomic E-state index is 12.5. The molecule has 12 nitrogen and oxygen atoms in total. The highest BCUT2D eigenvalue weighted by Crippen LogP contribution is 2.28. The molecule has 0 unspecified atom stereocenters. The third kappa shape index (κ3) is 4.70. The first kappa shape index (κ1) is 22.4. The highest BCUT2D eigenvalue weighted by Gasteiger charge is 2.17. The Hall–Kier alpha value is -3.78. The van der Waals surface area contributed by atoms with E-state index in [9.17, 15) is 16.8 Å². The summed E-state index contributed by atoms with van der Waals surface area (Å²) in [6.45, 7) is 3.38. The summed E-state index contributed by atoms with van der Waals surface area (Å²) in [6, 6.07) is 5.14. The van der Waals surface area contributed by atoms with Crippen molar-refractivity contribution in [3.63, 3.8) is 0 Å². The molecule has 0 spiro atoms. The van der Waals surface area contributed by atoms with Gasteiger partial charge in [-0.1, -0.05) is 0 Å². The highest BCUT2D eigenvalue weighted by atomic mass is 32.2. The van der Waals surface area contributed by atoms with E-state index in [-0.39, 0.29) is 23.1 Å². The van der Waals surface area contributed by atoms with Crippen LogP contribution in [0.3, 0.4) is 0 Å². The summed E-state index contributed by atoms with van der Waals surface area (Å²) in [5.41, 5.74) is 8.41. The number of fused-ring (bicyclic) bond motifs is 1. The molecule has 0 aliphatic heterocycles. The predicted molar refractivity (Wildman–Crippen MR) is 125 cm³/mol. The summed E-state index contributed by atoms with van der Waals surface area (Å²) < 4.78 is 54.0. The fourth-order valence-corrected chi connectivity index (χ4v) is 4.64. The minimum Gasteiger partial charge on any atom is -0.383 e. The Morgan fingerprint density at radius 2 is 1.88 bits per heavy atom. The molecule has 4 aromatic rings. The number of nitrogens with zero attached hydrogens (tertiary/aromatic N) is 5. The number of rotatable bonds is 7. The number of nitrogens with two attached hydrogens (primary N) is 1. The number of pyridine rings is 3. The molecule has 33 heavy (non-hydrogen) atoms. The summed E-state index contributed by atoms with van der Waals surface area (Å²) >= 11 is 0. The van der Waals surface area contributed by atoms with Crippen molar-refractivity contribution in [2.24, 2.45) is 0 Å². The molecule has 0 aliphatic carbocycles. The van der Waals surface area contributed by atoms with Crippen molar-refractivity contribution in [1.82, 2.24) is 24.1 Å². The van der Waals surface area contributed by atoms with Crippen molar-refractivity contribution in [1.29, 1.82) is 0 Å². The van der Waals surface area contributed by atoms with E-state index in [1.807, 2.05) is 13.0 Å². The number of nitrogen functional groups attached to an aromatic ring is 1. The first-order valence-electron chi connectivity index (χ1n) is 9.64. The van der Waals surface area contributed by atoms with Crippen LogP contribution in [0, 0.1) is 6.92 Å². The second kappa shape index (κ2) is 8.29. The van der Waals surface area contributed by atoms with Gasteiger partial charge in [-0.15, -0.1) is 0 Å². The first-order chi connectivity index (χ1) is 15.6. The maximum Gasteiger partial charge on any atom is 0.322 e. The van der Waals surface area contributed by atoms with Crippen molar-refractivity contribution in [2.45, 2.75) is 13.8 Å². The van der Waals surface area contributed by atoms with Gasteiger partial charge < -0.3 is 5.73 Å². The second-order valence-electron chi connectivity index (χ2n) is 7.08. The Bertz CT molecular complexity index is 1570. The highest BCUT2D eigenvalue weighted by molar-refractivity contribution is 7.94. The second-order valence-corrected chi connectivity index (χ2v) is 10.6. The molecule has 0 saturated carbocycles. The molecule has 0 radical (unpaired) electrons. The van der Waals surface area contributed by atoms with Gasteiger partial charge >= 0.3 is 10.2 Å². The lowest BCUT2D eigenvalue weighted by molar-refractivity contribution is 0.581. The van der Waals surface area contributed by atoms with Crippen molar-refractivity contribution in [3.05, 3.63) is 54.7 Å². The van der Waals surface area contributed by atoms with Gasteiger partial charge in [-0.25, -0.2) is 18.4 Å². The minimum atomic E-state index is -4.14. The smallest absolute Gasteiger partial charge is 0.322 e. The number of nitrogens with one attached hydrogen (secondary N) is 2. The molecular formula is C19H20N8O4S2. The van der Waals surface area contributed by atoms with Crippen molar-refractivity contribution >= 4 is 48.3 Å². The summed E-state index contributed by atoms with van der Waals surface area (Å²) in [7, 11) is -7.78. The van der Waals surface area contributed by atoms with E-state index >= 15 is 0 Å². The predicted octanol–water partition coefficient (Wildman–Crippen LogP) is 1.75. The molecule has 4 heterocycles. The lowest BCUT2D eigenvalue weighted by atomic mass is 10.1. The van der Waals surface area contributed by atoms with E-state index in [1.54, 1.807) is 18.5 Å². The molecule has 14 heteroatoms. The summed E-state index contributed by atoms with van der Waals surface area (Å²) in [5, 5.41) is 4.86. The van der Waals surface area contributed by atoms with Crippen molar-refractivity contribution in [3.8, 4) is 11.3 Å². The fourth-order valence-electron chi connectivity index (χ4n) is 3.06. The number of anilines is 3. The standard InChI is InChI=1S/C19H20N8O4S2/c1-3-32(28,29)27-11-14(8-23-27)25-33(30,31)26-18-7-13-6-17(15-9-21-5-4-12(15)2)24-19(20)16(13)10-22-18/h4-11,25H,3H2,1-2H3,(H2,20,24)(H,22,26). The lowest BCUT2D eigenvalue weighted by Gasteiger charge is -2.11. The third-order valence-corrected chi connectivity index (χ3v) is 7.24. The Labute approximate surface area is 190 Å². The van der Waals surface area contributed by atoms with Crippen LogP contribution >= 0.6 is 0 Å². The van der Waals surface area contributed by atoms with E-state index < -0.39 is 20.2 Å². The molecule has 0 aromatic carbocycles. The molecule has 4 rings (SSSR count). The van der Waals surface area contributed by atoms with E-state index in [1.165, 1.54) is 19.2 Å². The van der Waals surface area contributed by atoms with E-state index in [2.05, 4.69) is 29.5 Å². The van der Waals surface area contributed by atoms with Gasteiger partial charge in [0.25, 0.3) is 10.0 Å². The zero-order valence-corrected chi connectivity index (χ0v) is 19.2. The monoisotopic (exact) mass is 488 g/mol. The van der Waals surface area contributed by atoms with Gasteiger partial charge in [-0.05, 0) is 43.0 Å². The Morgan fingerprint density at radius 3 is 2.61 bits per heavy atom. The zero-order valence-electron chi connectivity index (χ0n) is 17.6. The molecule has 0 bridgehead atoms. The minimum absolute atomic E-state index is 0.0249. The average Bonchev–Trinajstić information content (AvgIpc) is 3.22. The van der Waals surface area contributed by atoms with Gasteiger partial charge in [-0.3, -0.25) is 14.4 Å². The van der Waals surface area contributed by atoms with Crippen LogP contribution in [0.4, 0.5) is 17.3 Å². The van der Waals surface area contributed by atoms with Gasteiger partial charge in [0.2, 0.25) is 0 Å². The van der Waals surface area contributed by atoms with Crippen LogP contribution in [0.25, 0.3) is 22.0 Å². The Kier molecular flexibility index (Phi) is 5.63. The SMILES string of the molecule is CCS(=O)(=O)n1cc(NS(=O)(=O)Nc2cc3cc(-c4cnccc4C)nc(N)c3cn2)cn1. The van der Waals surface area contributed by atoms with Crippen LogP contribution in [0.1, 0.15) is 12.5 Å². The van der Waals surface area contributed by atoms with Gasteiger partial charge in [0.05, 0.1) is 29.5 Å². The number of hydrogen-bond donors (Lipinski definition) is 3. The van der Waals surface area contributed by atoms with Crippen LogP contribution in [-0.4, -0.2) is 46.7 Å². The molecule has 0 fully saturated rings. The van der Waals surface area contributed by atoms with Gasteiger partial charge in [0.1, 0.15) is 11.6 Å². The third-order valence-electron chi connectivity index (χ3n) is 4.76. The van der Waals surface area contributed by atoms with Crippen LogP contribution in [-0.2, 0) is 20.2 Å². The average molecular weight is 489 g/mol. The molecule has 0 saturated heterocycles. The van der Waals surface area contributed by atoms with Crippen LogP contribution < -0.4 is 15.2 Å². The van der Waals surface area contributed by atoms with Gasteiger partial charge in [0, 0.05) is 29.5 Å². The molecule has 0 amide bonds. The molecule has 0 atom stereocenters. The van der Waals surface area contributed by atoms with Crippen LogP contribution in [0.2, 0.25) is 0 Å². The molecule has 172 valence electrons. The number of aromatic nitrogens is 5. The van der Waals surface area contributed by atoms with E-state index in [0.29, 0.717) is 20.6 Å².